The van der Waals surface area contributed by atoms with Gasteiger partial charge in [0, 0.05) is 13.0 Å². The number of nitrogens with one attached hydrogen (secondary N) is 1. The molecule has 0 bridgehead atoms. The lowest BCUT2D eigenvalue weighted by atomic mass is 10.2. The molecule has 0 aliphatic carbocycles. The Hall–Kier alpha value is -1.73. The van der Waals surface area contributed by atoms with E-state index >= 15 is 0 Å². The molecule has 7 heteroatoms. The molecule has 0 atom stereocenters. The Morgan fingerprint density at radius 2 is 2.14 bits per heavy atom. The van der Waals surface area contributed by atoms with Crippen LogP contribution in [0.15, 0.2) is 17.5 Å². The zero-order valence-corrected chi connectivity index (χ0v) is 13.9. The first-order chi connectivity index (χ1) is 10.6. The summed E-state index contributed by atoms with van der Waals surface area (Å²) < 4.78 is 0. The van der Waals surface area contributed by atoms with Gasteiger partial charge in [0.1, 0.15) is 9.88 Å². The highest BCUT2D eigenvalue weighted by Gasteiger charge is 2.16. The molecule has 0 saturated heterocycles. The van der Waals surface area contributed by atoms with Crippen molar-refractivity contribution in [3.05, 3.63) is 28.1 Å². The second kappa shape index (κ2) is 8.05. The van der Waals surface area contributed by atoms with E-state index in [0.29, 0.717) is 17.8 Å². The summed E-state index contributed by atoms with van der Waals surface area (Å²) in [4.78, 5) is 28.7. The number of rotatable bonds is 8. The number of aliphatic carboxylic acids is 1. The molecule has 2 heterocycles. The summed E-state index contributed by atoms with van der Waals surface area (Å²) in [5, 5.41) is 14.3. The molecular weight excluding hydrogens is 320 g/mol. The van der Waals surface area contributed by atoms with Crippen LogP contribution in [0.3, 0.4) is 0 Å². The van der Waals surface area contributed by atoms with E-state index in [-0.39, 0.29) is 12.3 Å². The molecule has 0 saturated carbocycles. The number of amides is 1. The van der Waals surface area contributed by atoms with Crippen molar-refractivity contribution in [2.24, 2.45) is 0 Å². The minimum absolute atomic E-state index is 0.101. The van der Waals surface area contributed by atoms with Gasteiger partial charge in [-0.1, -0.05) is 12.5 Å². The highest BCUT2D eigenvalue weighted by molar-refractivity contribution is 7.22. The number of carbonyl (C=O) groups is 2. The first-order valence-corrected chi connectivity index (χ1v) is 8.79. The van der Waals surface area contributed by atoms with Gasteiger partial charge in [-0.2, -0.15) is 0 Å². The molecule has 0 radical (unpaired) electrons. The van der Waals surface area contributed by atoms with E-state index in [1.54, 1.807) is 11.3 Å². The second-order valence-corrected chi connectivity index (χ2v) is 6.82. The number of carbonyl (C=O) groups excluding carboxylic acids is 1. The van der Waals surface area contributed by atoms with E-state index < -0.39 is 5.97 Å². The monoisotopic (exact) mass is 338 g/mol. The normalized spacial score (nSPS) is 10.6. The number of nitrogens with zero attached hydrogens (tertiary/aromatic N) is 1. The fourth-order valence-electron chi connectivity index (χ4n) is 1.97. The Morgan fingerprint density at radius 3 is 2.82 bits per heavy atom. The van der Waals surface area contributed by atoms with Gasteiger partial charge in [0.25, 0.3) is 5.91 Å². The predicted octanol–water partition coefficient (Wildman–Crippen LogP) is 3.55. The van der Waals surface area contributed by atoms with Crippen LogP contribution in [-0.4, -0.2) is 28.5 Å². The Balaban J connectivity index is 1.81. The third-order valence-electron chi connectivity index (χ3n) is 3.09. The van der Waals surface area contributed by atoms with Crippen molar-refractivity contribution < 1.29 is 14.7 Å². The predicted molar refractivity (Wildman–Crippen MR) is 88.6 cm³/mol. The molecule has 22 heavy (non-hydrogen) atoms. The first kappa shape index (κ1) is 16.6. The maximum atomic E-state index is 12.2. The van der Waals surface area contributed by atoms with Crippen molar-refractivity contribution in [3.63, 3.8) is 0 Å². The van der Waals surface area contributed by atoms with Crippen LogP contribution in [0.4, 0.5) is 0 Å². The van der Waals surface area contributed by atoms with E-state index in [1.165, 1.54) is 11.3 Å². The van der Waals surface area contributed by atoms with Gasteiger partial charge in [0.2, 0.25) is 0 Å². The molecule has 2 aromatic heterocycles. The number of hydrogen-bond donors (Lipinski definition) is 2. The van der Waals surface area contributed by atoms with Gasteiger partial charge in [-0.3, -0.25) is 9.59 Å². The molecular formula is C15H18N2O3S2. The van der Waals surface area contributed by atoms with Gasteiger partial charge in [-0.15, -0.1) is 22.7 Å². The minimum atomic E-state index is -0.773. The number of hydrogen-bond acceptors (Lipinski definition) is 5. The molecule has 118 valence electrons. The van der Waals surface area contributed by atoms with Crippen LogP contribution >= 0.6 is 22.7 Å². The van der Waals surface area contributed by atoms with E-state index in [1.807, 2.05) is 24.4 Å². The zero-order valence-electron chi connectivity index (χ0n) is 12.3. The third kappa shape index (κ3) is 4.64. The molecule has 0 fully saturated rings. The lowest BCUT2D eigenvalue weighted by molar-refractivity contribution is -0.137. The average Bonchev–Trinajstić information content (AvgIpc) is 3.11. The highest BCUT2D eigenvalue weighted by atomic mass is 32.1. The highest BCUT2D eigenvalue weighted by Crippen LogP contribution is 2.30. The SMILES string of the molecule is Cc1nc(-c2cccs2)sc1C(=O)NCCCCCC(=O)O. The molecule has 0 unspecified atom stereocenters. The molecule has 1 amide bonds. The standard InChI is InChI=1S/C15H18N2O3S2/c1-10-13(22-15(17-10)11-6-5-9-21-11)14(20)16-8-4-2-3-7-12(18)19/h5-6,9H,2-4,7-8H2,1H3,(H,16,20)(H,18,19). The number of carboxylic acids is 1. The fourth-order valence-corrected chi connectivity index (χ4v) is 3.75. The van der Waals surface area contributed by atoms with Crippen molar-refractivity contribution in [2.75, 3.05) is 6.54 Å². The maximum Gasteiger partial charge on any atom is 0.303 e. The topological polar surface area (TPSA) is 79.3 Å². The van der Waals surface area contributed by atoms with Crippen LogP contribution in [0.5, 0.6) is 0 Å². The molecule has 0 aliphatic rings. The van der Waals surface area contributed by atoms with E-state index in [2.05, 4.69) is 10.3 Å². The number of unbranched alkanes of at least 4 members (excludes halogenated alkanes) is 2. The number of aryl methyl sites for hydroxylation is 1. The van der Waals surface area contributed by atoms with Gasteiger partial charge in [0.15, 0.2) is 0 Å². The number of thiazole rings is 1. The van der Waals surface area contributed by atoms with Crippen LogP contribution in [0, 0.1) is 6.92 Å². The van der Waals surface area contributed by atoms with Crippen molar-refractivity contribution in [2.45, 2.75) is 32.6 Å². The Bertz CT molecular complexity index is 635. The van der Waals surface area contributed by atoms with Crippen molar-refractivity contribution in [3.8, 4) is 9.88 Å². The summed E-state index contributed by atoms with van der Waals surface area (Å²) in [5.41, 5.74) is 0.747. The minimum Gasteiger partial charge on any atom is -0.481 e. The molecule has 0 aliphatic heterocycles. The van der Waals surface area contributed by atoms with Crippen molar-refractivity contribution >= 4 is 34.6 Å². The lowest BCUT2D eigenvalue weighted by Crippen LogP contribution is -2.24. The first-order valence-electron chi connectivity index (χ1n) is 7.09. The van der Waals surface area contributed by atoms with Crippen molar-refractivity contribution in [1.82, 2.24) is 10.3 Å². The Labute approximate surface area is 137 Å². The zero-order chi connectivity index (χ0) is 15.9. The second-order valence-electron chi connectivity index (χ2n) is 4.87. The molecule has 5 nitrogen and oxygen atoms in total. The fraction of sp³-hybridized carbons (Fsp3) is 0.400. The summed E-state index contributed by atoms with van der Waals surface area (Å²) >= 11 is 3.01. The van der Waals surface area contributed by atoms with Crippen molar-refractivity contribution in [1.29, 1.82) is 0 Å². The Kier molecular flexibility index (Phi) is 6.09. The molecule has 0 spiro atoms. The molecule has 2 aromatic rings. The molecule has 2 N–H and O–H groups in total. The van der Waals surface area contributed by atoms with Crippen LogP contribution in [0.2, 0.25) is 0 Å². The lowest BCUT2D eigenvalue weighted by Gasteiger charge is -2.03. The van der Waals surface area contributed by atoms with Crippen LogP contribution in [-0.2, 0) is 4.79 Å². The van der Waals surface area contributed by atoms with Crippen LogP contribution in [0.25, 0.3) is 9.88 Å². The van der Waals surface area contributed by atoms with Gasteiger partial charge < -0.3 is 10.4 Å². The number of carboxylic acid groups (broad SMARTS) is 1. The average molecular weight is 338 g/mol. The van der Waals surface area contributed by atoms with Gasteiger partial charge in [0.05, 0.1) is 10.6 Å². The summed E-state index contributed by atoms with van der Waals surface area (Å²) in [6, 6.07) is 3.96. The third-order valence-corrected chi connectivity index (χ3v) is 5.28. The largest absolute Gasteiger partial charge is 0.481 e. The maximum absolute atomic E-state index is 12.2. The van der Waals surface area contributed by atoms with Gasteiger partial charge >= 0.3 is 5.97 Å². The van der Waals surface area contributed by atoms with E-state index in [0.717, 1.165) is 28.4 Å². The summed E-state index contributed by atoms with van der Waals surface area (Å²) in [5.74, 6) is -0.874. The summed E-state index contributed by atoms with van der Waals surface area (Å²) in [6.45, 7) is 2.40. The van der Waals surface area contributed by atoms with E-state index in [9.17, 15) is 9.59 Å². The van der Waals surface area contributed by atoms with Gasteiger partial charge in [-0.05, 0) is 31.2 Å². The quantitative estimate of drug-likeness (QED) is 0.721. The van der Waals surface area contributed by atoms with Crippen LogP contribution in [0.1, 0.15) is 41.0 Å². The Morgan fingerprint density at radius 1 is 1.32 bits per heavy atom. The van der Waals surface area contributed by atoms with Gasteiger partial charge in [-0.25, -0.2) is 4.98 Å². The smallest absolute Gasteiger partial charge is 0.303 e. The molecule has 0 aromatic carbocycles. The van der Waals surface area contributed by atoms with E-state index in [4.69, 9.17) is 5.11 Å². The van der Waals surface area contributed by atoms with Crippen LogP contribution < -0.4 is 5.32 Å². The summed E-state index contributed by atoms with van der Waals surface area (Å²) in [6.07, 6.45) is 2.42. The summed E-state index contributed by atoms with van der Waals surface area (Å²) in [7, 11) is 0. The molecule has 2 rings (SSSR count). The number of thiophene rings is 1. The number of aromatic nitrogens is 1.